The van der Waals surface area contributed by atoms with Gasteiger partial charge in [-0.15, -0.1) is 0 Å². The highest BCUT2D eigenvalue weighted by Gasteiger charge is 2.32. The number of carbonyl (C=O) groups excluding carboxylic acids is 2. The third-order valence-corrected chi connectivity index (χ3v) is 4.64. The van der Waals surface area contributed by atoms with Crippen molar-refractivity contribution in [3.8, 4) is 17.2 Å². The minimum absolute atomic E-state index is 0.00448. The molecule has 1 saturated carbocycles. The van der Waals surface area contributed by atoms with E-state index in [0.717, 1.165) is 18.4 Å². The number of aryl methyl sites for hydroxylation is 1. The average molecular weight is 417 g/mol. The summed E-state index contributed by atoms with van der Waals surface area (Å²) in [6.45, 7) is 1.67. The van der Waals surface area contributed by atoms with Crippen molar-refractivity contribution in [2.24, 2.45) is 11.0 Å². The first-order chi connectivity index (χ1) is 14.0. The fourth-order valence-corrected chi connectivity index (χ4v) is 2.54. The van der Waals surface area contributed by atoms with Gasteiger partial charge in [-0.1, -0.05) is 11.6 Å². The summed E-state index contributed by atoms with van der Waals surface area (Å²) in [6.07, 6.45) is 3.19. The van der Waals surface area contributed by atoms with E-state index in [0.29, 0.717) is 27.8 Å². The van der Waals surface area contributed by atoms with Gasteiger partial charge in [-0.2, -0.15) is 5.10 Å². The summed E-state index contributed by atoms with van der Waals surface area (Å²) in [5.41, 5.74) is 3.92. The van der Waals surface area contributed by atoms with Crippen molar-refractivity contribution >= 4 is 29.7 Å². The van der Waals surface area contributed by atoms with E-state index >= 15 is 0 Å². The molecule has 0 saturated heterocycles. The Balaban J connectivity index is 1.51. The Hall–Kier alpha value is -3.06. The van der Waals surface area contributed by atoms with Crippen molar-refractivity contribution in [1.29, 1.82) is 0 Å². The quantitative estimate of drug-likeness (QED) is 0.308. The third kappa shape index (κ3) is 5.96. The van der Waals surface area contributed by atoms with Crippen LogP contribution < -0.4 is 19.6 Å². The Bertz CT molecular complexity index is 941. The Morgan fingerprint density at radius 2 is 2.00 bits per heavy atom. The largest absolute Gasteiger partial charge is 0.493 e. The number of hydrogen-bond donors (Lipinski definition) is 1. The molecule has 7 nitrogen and oxygen atoms in total. The zero-order valence-corrected chi connectivity index (χ0v) is 16.9. The Labute approximate surface area is 173 Å². The number of ether oxygens (including phenoxy) is 3. The van der Waals surface area contributed by atoms with E-state index in [2.05, 4.69) is 10.5 Å². The van der Waals surface area contributed by atoms with Gasteiger partial charge in [-0.25, -0.2) is 5.43 Å². The molecule has 2 aromatic carbocycles. The first-order valence-corrected chi connectivity index (χ1v) is 9.44. The predicted molar refractivity (Wildman–Crippen MR) is 109 cm³/mol. The fourth-order valence-electron chi connectivity index (χ4n) is 2.43. The van der Waals surface area contributed by atoms with Gasteiger partial charge in [0.15, 0.2) is 18.1 Å². The molecular formula is C21H21ClN2O5. The summed E-state index contributed by atoms with van der Waals surface area (Å²) in [6, 6.07) is 10.2. The van der Waals surface area contributed by atoms with E-state index in [1.165, 1.54) is 13.3 Å². The zero-order chi connectivity index (χ0) is 20.8. The van der Waals surface area contributed by atoms with Gasteiger partial charge < -0.3 is 14.2 Å². The maximum absolute atomic E-state index is 11.9. The molecule has 0 heterocycles. The number of nitrogens with one attached hydrogen (secondary N) is 1. The van der Waals surface area contributed by atoms with Gasteiger partial charge in [0, 0.05) is 5.02 Å². The maximum atomic E-state index is 11.9. The molecule has 1 N–H and O–H groups in total. The molecule has 0 spiro atoms. The second-order valence-corrected chi connectivity index (χ2v) is 7.01. The summed E-state index contributed by atoms with van der Waals surface area (Å²) in [4.78, 5) is 23.7. The molecule has 2 aromatic rings. The third-order valence-electron chi connectivity index (χ3n) is 4.21. The van der Waals surface area contributed by atoms with Gasteiger partial charge in [0.1, 0.15) is 5.75 Å². The van der Waals surface area contributed by atoms with E-state index in [9.17, 15) is 9.59 Å². The van der Waals surface area contributed by atoms with E-state index < -0.39 is 5.91 Å². The molecule has 0 atom stereocenters. The monoisotopic (exact) mass is 416 g/mol. The number of esters is 1. The highest BCUT2D eigenvalue weighted by Crippen LogP contribution is 2.34. The van der Waals surface area contributed by atoms with Crippen LogP contribution in [0.15, 0.2) is 41.5 Å². The number of methoxy groups -OCH3 is 1. The lowest BCUT2D eigenvalue weighted by molar-refractivity contribution is -0.135. The summed E-state index contributed by atoms with van der Waals surface area (Å²) < 4.78 is 16.0. The van der Waals surface area contributed by atoms with E-state index in [1.807, 2.05) is 6.92 Å². The predicted octanol–water partition coefficient (Wildman–Crippen LogP) is 3.50. The van der Waals surface area contributed by atoms with E-state index in [-0.39, 0.29) is 18.5 Å². The average Bonchev–Trinajstić information content (AvgIpc) is 3.55. The van der Waals surface area contributed by atoms with Crippen LogP contribution in [0.3, 0.4) is 0 Å². The molecule has 1 amide bonds. The second kappa shape index (κ2) is 9.43. The van der Waals surface area contributed by atoms with Crippen LogP contribution in [0.5, 0.6) is 17.2 Å². The lowest BCUT2D eigenvalue weighted by Crippen LogP contribution is -2.24. The standard InChI is InChI=1S/C21H21ClN2O5/c1-13-9-16(6-7-17(13)22)28-12-20(25)24-23-11-14-3-8-18(19(10-14)27-2)29-21(26)15-4-5-15/h3,6-11,15H,4-5,12H2,1-2H3,(H,24,25)/b23-11-. The topological polar surface area (TPSA) is 86.2 Å². The SMILES string of the molecule is COc1cc(/C=N\NC(=O)COc2ccc(Cl)c(C)c2)ccc1OC(=O)C1CC1. The van der Waals surface area contributed by atoms with Gasteiger partial charge in [0.2, 0.25) is 0 Å². The van der Waals surface area contributed by atoms with Gasteiger partial charge in [0.05, 0.1) is 19.2 Å². The van der Waals surface area contributed by atoms with Crippen LogP contribution in [0.2, 0.25) is 5.02 Å². The number of halogens is 1. The first-order valence-electron chi connectivity index (χ1n) is 9.07. The highest BCUT2D eigenvalue weighted by molar-refractivity contribution is 6.31. The summed E-state index contributed by atoms with van der Waals surface area (Å²) in [7, 11) is 1.49. The second-order valence-electron chi connectivity index (χ2n) is 6.60. The number of nitrogens with zero attached hydrogens (tertiary/aromatic N) is 1. The molecule has 29 heavy (non-hydrogen) atoms. The fraction of sp³-hybridized carbons (Fsp3) is 0.286. The van der Waals surface area contributed by atoms with Crippen LogP contribution in [0.4, 0.5) is 0 Å². The van der Waals surface area contributed by atoms with E-state index in [4.69, 9.17) is 25.8 Å². The molecule has 0 bridgehead atoms. The van der Waals surface area contributed by atoms with Crippen LogP contribution in [0.25, 0.3) is 0 Å². The normalized spacial score (nSPS) is 13.2. The van der Waals surface area contributed by atoms with Gasteiger partial charge in [-0.05, 0) is 67.3 Å². The number of rotatable bonds is 8. The van der Waals surface area contributed by atoms with Crippen LogP contribution >= 0.6 is 11.6 Å². The Kier molecular flexibility index (Phi) is 6.72. The lowest BCUT2D eigenvalue weighted by atomic mass is 10.2. The highest BCUT2D eigenvalue weighted by atomic mass is 35.5. The van der Waals surface area contributed by atoms with Crippen LogP contribution in [-0.4, -0.2) is 31.8 Å². The molecular weight excluding hydrogens is 396 g/mol. The number of hydrazone groups is 1. The Morgan fingerprint density at radius 3 is 2.69 bits per heavy atom. The zero-order valence-electron chi connectivity index (χ0n) is 16.1. The van der Waals surface area contributed by atoms with Crippen molar-refractivity contribution in [3.63, 3.8) is 0 Å². The maximum Gasteiger partial charge on any atom is 0.314 e. The van der Waals surface area contributed by atoms with E-state index in [1.54, 1.807) is 36.4 Å². The van der Waals surface area contributed by atoms with Crippen molar-refractivity contribution in [2.45, 2.75) is 19.8 Å². The van der Waals surface area contributed by atoms with Crippen molar-refractivity contribution in [3.05, 3.63) is 52.5 Å². The van der Waals surface area contributed by atoms with Crippen LogP contribution in [0.1, 0.15) is 24.0 Å². The number of benzene rings is 2. The van der Waals surface area contributed by atoms with Crippen LogP contribution in [-0.2, 0) is 9.59 Å². The molecule has 1 aliphatic carbocycles. The van der Waals surface area contributed by atoms with Crippen molar-refractivity contribution in [2.75, 3.05) is 13.7 Å². The van der Waals surface area contributed by atoms with Crippen molar-refractivity contribution in [1.82, 2.24) is 5.43 Å². The molecule has 0 aliphatic heterocycles. The first kappa shape index (κ1) is 20.7. The molecule has 1 fully saturated rings. The smallest absolute Gasteiger partial charge is 0.314 e. The molecule has 0 unspecified atom stereocenters. The number of amides is 1. The number of hydrogen-bond acceptors (Lipinski definition) is 6. The van der Waals surface area contributed by atoms with Gasteiger partial charge in [0.25, 0.3) is 5.91 Å². The molecule has 152 valence electrons. The minimum atomic E-state index is -0.407. The molecule has 0 radical (unpaired) electrons. The summed E-state index contributed by atoms with van der Waals surface area (Å²) in [5.74, 6) is 0.666. The van der Waals surface area contributed by atoms with Gasteiger partial charge >= 0.3 is 5.97 Å². The summed E-state index contributed by atoms with van der Waals surface area (Å²) >= 11 is 5.96. The molecule has 3 rings (SSSR count). The summed E-state index contributed by atoms with van der Waals surface area (Å²) in [5, 5.41) is 4.54. The number of carbonyl (C=O) groups is 2. The van der Waals surface area contributed by atoms with Crippen LogP contribution in [0, 0.1) is 12.8 Å². The molecule has 1 aliphatic rings. The lowest BCUT2D eigenvalue weighted by Gasteiger charge is -2.09. The molecule has 0 aromatic heterocycles. The van der Waals surface area contributed by atoms with Gasteiger partial charge in [-0.3, -0.25) is 9.59 Å². The Morgan fingerprint density at radius 1 is 1.21 bits per heavy atom. The van der Waals surface area contributed by atoms with Crippen molar-refractivity contribution < 1.29 is 23.8 Å². The minimum Gasteiger partial charge on any atom is -0.493 e. The molecule has 8 heteroatoms.